The fourth-order valence-corrected chi connectivity index (χ4v) is 2.27. The normalized spacial score (nSPS) is 13.1. The molecule has 1 unspecified atom stereocenters. The van der Waals surface area contributed by atoms with E-state index >= 15 is 0 Å². The predicted molar refractivity (Wildman–Crippen MR) is 69.1 cm³/mol. The van der Waals surface area contributed by atoms with Crippen molar-refractivity contribution >= 4 is 15.8 Å². The van der Waals surface area contributed by atoms with Gasteiger partial charge in [0.25, 0.3) is 10.1 Å². The van der Waals surface area contributed by atoms with Crippen LogP contribution in [0, 0.1) is 6.92 Å². The number of anilines is 1. The maximum Gasteiger partial charge on any atom is 0.294 e. The summed E-state index contributed by atoms with van der Waals surface area (Å²) in [6, 6.07) is 2.67. The average molecular weight is 291 g/mol. The molecule has 1 rings (SSSR count). The molecule has 19 heavy (non-hydrogen) atoms. The van der Waals surface area contributed by atoms with Crippen LogP contribution in [0.2, 0.25) is 0 Å². The Morgan fingerprint density at radius 2 is 2.05 bits per heavy atom. The highest BCUT2D eigenvalue weighted by Crippen LogP contribution is 2.30. The van der Waals surface area contributed by atoms with E-state index in [2.05, 4.69) is 5.32 Å². The van der Waals surface area contributed by atoms with E-state index in [1.807, 2.05) is 0 Å². The first-order chi connectivity index (χ1) is 8.79. The second-order valence-electron chi connectivity index (χ2n) is 4.01. The summed E-state index contributed by atoms with van der Waals surface area (Å²) in [6.07, 6.45) is -0.939. The van der Waals surface area contributed by atoms with Crippen molar-refractivity contribution in [3.05, 3.63) is 17.7 Å². The van der Waals surface area contributed by atoms with Crippen molar-refractivity contribution in [2.24, 2.45) is 0 Å². The molecule has 0 aliphatic carbocycles. The smallest absolute Gasteiger partial charge is 0.294 e. The number of rotatable bonds is 6. The fourth-order valence-electron chi connectivity index (χ4n) is 1.55. The minimum absolute atomic E-state index is 0.0809. The largest absolute Gasteiger partial charge is 0.495 e. The van der Waals surface area contributed by atoms with Crippen LogP contribution in [0.1, 0.15) is 5.56 Å². The quantitative estimate of drug-likeness (QED) is 0.546. The van der Waals surface area contributed by atoms with Crippen LogP contribution in [0.25, 0.3) is 0 Å². The van der Waals surface area contributed by atoms with Gasteiger partial charge in [0.2, 0.25) is 0 Å². The van der Waals surface area contributed by atoms with E-state index in [1.54, 1.807) is 0 Å². The summed E-state index contributed by atoms with van der Waals surface area (Å²) in [5, 5.41) is 20.8. The van der Waals surface area contributed by atoms with Crippen LogP contribution in [-0.4, -0.2) is 49.5 Å². The van der Waals surface area contributed by atoms with E-state index in [-0.39, 0.29) is 17.2 Å². The van der Waals surface area contributed by atoms with Crippen LogP contribution in [0.5, 0.6) is 5.75 Å². The first-order valence-electron chi connectivity index (χ1n) is 5.48. The molecule has 0 amide bonds. The predicted octanol–water partition coefficient (Wildman–Crippen LogP) is 0.0154. The average Bonchev–Trinajstić information content (AvgIpc) is 2.34. The van der Waals surface area contributed by atoms with Gasteiger partial charge in [0.1, 0.15) is 10.6 Å². The van der Waals surface area contributed by atoms with Crippen molar-refractivity contribution in [2.75, 3.05) is 25.6 Å². The lowest BCUT2D eigenvalue weighted by molar-refractivity contribution is 0.105. The van der Waals surface area contributed by atoms with Crippen LogP contribution in [0.15, 0.2) is 17.0 Å². The Hall–Kier alpha value is -1.35. The second kappa shape index (κ2) is 6.20. The second-order valence-corrected chi connectivity index (χ2v) is 5.40. The number of benzene rings is 1. The summed E-state index contributed by atoms with van der Waals surface area (Å²) < 4.78 is 36.4. The van der Waals surface area contributed by atoms with Crippen LogP contribution in [0.3, 0.4) is 0 Å². The Bertz CT molecular complexity index is 542. The number of aryl methyl sites for hydroxylation is 1. The fraction of sp³-hybridized carbons (Fsp3) is 0.455. The molecule has 0 fully saturated rings. The van der Waals surface area contributed by atoms with Crippen LogP contribution in [0.4, 0.5) is 5.69 Å². The van der Waals surface area contributed by atoms with Gasteiger partial charge < -0.3 is 20.3 Å². The van der Waals surface area contributed by atoms with Gasteiger partial charge in [-0.05, 0) is 18.6 Å². The number of hydrogen-bond donors (Lipinski definition) is 4. The molecule has 0 spiro atoms. The molecular weight excluding hydrogens is 274 g/mol. The van der Waals surface area contributed by atoms with E-state index < -0.39 is 22.8 Å². The molecule has 7 nitrogen and oxygen atoms in total. The number of methoxy groups -OCH3 is 1. The zero-order chi connectivity index (χ0) is 14.6. The zero-order valence-corrected chi connectivity index (χ0v) is 11.4. The van der Waals surface area contributed by atoms with E-state index in [1.165, 1.54) is 26.2 Å². The van der Waals surface area contributed by atoms with Gasteiger partial charge in [-0.1, -0.05) is 0 Å². The molecule has 108 valence electrons. The van der Waals surface area contributed by atoms with Gasteiger partial charge in [-0.25, -0.2) is 0 Å². The maximum absolute atomic E-state index is 11.2. The lowest BCUT2D eigenvalue weighted by atomic mass is 10.2. The van der Waals surface area contributed by atoms with Gasteiger partial charge in [-0.2, -0.15) is 8.42 Å². The third-order valence-corrected chi connectivity index (χ3v) is 3.51. The molecule has 8 heteroatoms. The number of aliphatic hydroxyl groups is 2. The Morgan fingerprint density at radius 1 is 1.42 bits per heavy atom. The highest BCUT2D eigenvalue weighted by Gasteiger charge is 2.17. The number of nitrogens with one attached hydrogen (secondary N) is 1. The zero-order valence-electron chi connectivity index (χ0n) is 10.6. The number of ether oxygens (including phenoxy) is 1. The van der Waals surface area contributed by atoms with Gasteiger partial charge in [-0.15, -0.1) is 0 Å². The molecule has 1 aromatic carbocycles. The molecule has 0 saturated heterocycles. The minimum atomic E-state index is -4.32. The van der Waals surface area contributed by atoms with Gasteiger partial charge >= 0.3 is 0 Å². The summed E-state index contributed by atoms with van der Waals surface area (Å²) in [7, 11) is -2.96. The topological polar surface area (TPSA) is 116 Å². The van der Waals surface area contributed by atoms with Crippen molar-refractivity contribution in [2.45, 2.75) is 17.9 Å². The standard InChI is InChI=1S/C11H17NO6S/c1-7-3-9(12-5-8(14)6-13)10(18-2)4-11(7)19(15,16)17/h3-4,8,12-14H,5-6H2,1-2H3,(H,15,16,17). The molecule has 1 aromatic rings. The van der Waals surface area contributed by atoms with Crippen LogP contribution < -0.4 is 10.1 Å². The van der Waals surface area contributed by atoms with Crippen molar-refractivity contribution in [1.82, 2.24) is 0 Å². The van der Waals surface area contributed by atoms with Crippen molar-refractivity contribution in [3.63, 3.8) is 0 Å². The first kappa shape index (κ1) is 15.7. The molecule has 0 radical (unpaired) electrons. The maximum atomic E-state index is 11.2. The molecule has 0 saturated carbocycles. The van der Waals surface area contributed by atoms with Crippen molar-refractivity contribution in [1.29, 1.82) is 0 Å². The Labute approximate surface area is 111 Å². The summed E-state index contributed by atoms with van der Waals surface area (Å²) in [6.45, 7) is 1.21. The third-order valence-electron chi connectivity index (χ3n) is 2.51. The third kappa shape index (κ3) is 4.06. The SMILES string of the molecule is COc1cc(S(=O)(=O)O)c(C)cc1NCC(O)CO. The molecule has 0 aliphatic rings. The monoisotopic (exact) mass is 291 g/mol. The van der Waals surface area contributed by atoms with E-state index in [9.17, 15) is 13.5 Å². The molecule has 4 N–H and O–H groups in total. The van der Waals surface area contributed by atoms with Gasteiger partial charge in [0, 0.05) is 12.6 Å². The summed E-state index contributed by atoms with van der Waals surface area (Å²) in [4.78, 5) is -0.238. The molecule has 0 aliphatic heterocycles. The highest BCUT2D eigenvalue weighted by molar-refractivity contribution is 7.85. The number of aliphatic hydroxyl groups excluding tert-OH is 2. The van der Waals surface area contributed by atoms with Crippen molar-refractivity contribution < 1.29 is 27.9 Å². The van der Waals surface area contributed by atoms with Crippen LogP contribution in [-0.2, 0) is 10.1 Å². The van der Waals surface area contributed by atoms with Gasteiger partial charge in [0.05, 0.1) is 25.5 Å². The summed E-state index contributed by atoms with van der Waals surface area (Å²) >= 11 is 0. The lowest BCUT2D eigenvalue weighted by Gasteiger charge is -2.15. The molecule has 0 heterocycles. The van der Waals surface area contributed by atoms with Gasteiger partial charge in [-0.3, -0.25) is 4.55 Å². The lowest BCUT2D eigenvalue weighted by Crippen LogP contribution is -2.23. The highest BCUT2D eigenvalue weighted by atomic mass is 32.2. The Balaban J connectivity index is 3.11. The summed E-state index contributed by atoms with van der Waals surface area (Å²) in [5.41, 5.74) is 0.796. The van der Waals surface area contributed by atoms with E-state index in [0.29, 0.717) is 11.3 Å². The Kier molecular flexibility index (Phi) is 5.12. The summed E-state index contributed by atoms with van der Waals surface area (Å²) in [5.74, 6) is 0.211. The molecule has 0 aromatic heterocycles. The molecule has 1 atom stereocenters. The van der Waals surface area contributed by atoms with Crippen LogP contribution >= 0.6 is 0 Å². The Morgan fingerprint density at radius 3 is 2.53 bits per heavy atom. The van der Waals surface area contributed by atoms with Gasteiger partial charge in [0.15, 0.2) is 0 Å². The van der Waals surface area contributed by atoms with Crippen molar-refractivity contribution in [3.8, 4) is 5.75 Å². The molecule has 0 bridgehead atoms. The van der Waals surface area contributed by atoms with E-state index in [0.717, 1.165) is 0 Å². The first-order valence-corrected chi connectivity index (χ1v) is 6.92. The minimum Gasteiger partial charge on any atom is -0.495 e. The molecular formula is C11H17NO6S. The van der Waals surface area contributed by atoms with E-state index in [4.69, 9.17) is 14.4 Å². The number of hydrogen-bond acceptors (Lipinski definition) is 6.